The fourth-order valence-corrected chi connectivity index (χ4v) is 16.6. The van der Waals surface area contributed by atoms with Crippen molar-refractivity contribution in [3.05, 3.63) is 218 Å². The van der Waals surface area contributed by atoms with E-state index < -0.39 is 0 Å². The summed E-state index contributed by atoms with van der Waals surface area (Å²) >= 11 is 5.58. The highest BCUT2D eigenvalue weighted by molar-refractivity contribution is 7.27. The molecule has 0 spiro atoms. The van der Waals surface area contributed by atoms with Gasteiger partial charge in [0.05, 0.1) is 44.1 Å². The number of para-hydroxylation sites is 3. The Balaban J connectivity index is 0.000000121. The Kier molecular flexibility index (Phi) is 8.34. The largest absolute Gasteiger partial charge is 0.291 e. The van der Waals surface area contributed by atoms with Gasteiger partial charge in [0.25, 0.3) is 0 Å². The maximum atomic E-state index is 5.37. The van der Waals surface area contributed by atoms with Crippen LogP contribution in [0.4, 0.5) is 0 Å². The predicted octanol–water partition coefficient (Wildman–Crippen LogP) is 20.0. The molecule has 0 amide bonds. The molecule has 0 aliphatic rings. The smallest absolute Gasteiger partial charge is 0.165 e. The zero-order valence-electron chi connectivity index (χ0n) is 41.7. The molecule has 9 aromatic heterocycles. The number of hydrogen-bond donors (Lipinski definition) is 0. The Bertz CT molecular complexity index is 6000. The summed E-state index contributed by atoms with van der Waals surface area (Å²) in [6, 6.07) is 78.6. The standard InChI is InChI=1S/C38H19N3S2.C32H17N3S/c1-4-10-30-22(7-1)26-19-27-24-9-3-6-12-32(24)43-37(27)34-35-38(41(30)36(26)34)40-29-18-21(13-15-28(29)39-35)20-14-16-33-25(17-20)23-8-2-5-11-31(23)42-33;1-2-8-18(9-3-1)19-14-15-25-21(16-19)29-28-20-10-4-7-13-26(20)36-27(28)17-22-30-32(35(25)31(22)29)34-24-12-6-5-11-23(24)33-30/h1-19H;1-17H. The fourth-order valence-electron chi connectivity index (χ4n) is 13.2. The van der Waals surface area contributed by atoms with Crippen LogP contribution in [-0.2, 0) is 0 Å². The molecule has 364 valence electrons. The van der Waals surface area contributed by atoms with Gasteiger partial charge in [-0.2, -0.15) is 0 Å². The van der Waals surface area contributed by atoms with Gasteiger partial charge in [0.1, 0.15) is 11.0 Å². The average molecular weight is 1060 g/mol. The van der Waals surface area contributed by atoms with Crippen molar-refractivity contribution >= 4 is 193 Å². The second-order valence-corrected chi connectivity index (χ2v) is 24.0. The first-order chi connectivity index (χ1) is 39.1. The van der Waals surface area contributed by atoms with Crippen LogP contribution in [0.1, 0.15) is 0 Å². The quantitative estimate of drug-likeness (QED) is 0.173. The van der Waals surface area contributed by atoms with E-state index in [4.69, 9.17) is 19.9 Å². The molecule has 9 heteroatoms. The van der Waals surface area contributed by atoms with Gasteiger partial charge in [0.2, 0.25) is 0 Å². The number of hydrogen-bond acceptors (Lipinski definition) is 7. The van der Waals surface area contributed by atoms with Crippen LogP contribution in [0.5, 0.6) is 0 Å². The Morgan fingerprint density at radius 3 is 1.65 bits per heavy atom. The molecular weight excluding hydrogens is 1020 g/mol. The highest BCUT2D eigenvalue weighted by atomic mass is 32.1. The van der Waals surface area contributed by atoms with Gasteiger partial charge in [0.15, 0.2) is 11.3 Å². The van der Waals surface area contributed by atoms with Crippen LogP contribution in [0.25, 0.3) is 182 Å². The SMILES string of the molecule is c1ccc(-c2ccc3c(c2)c2c4c(cc5c6nc7ccccc7nc6n3c52)sc2ccccc24)cc1.c1ccc2c(c1)sc1ccc(-c3ccc4nc5c6c7sc8ccccc8c7cc7c8ccccc8n(c5nc4c3)c76)cc12. The van der Waals surface area contributed by atoms with Crippen molar-refractivity contribution in [1.82, 2.24) is 28.7 Å². The van der Waals surface area contributed by atoms with Gasteiger partial charge in [-0.25, -0.2) is 19.9 Å². The lowest BCUT2D eigenvalue weighted by Gasteiger charge is -2.05. The van der Waals surface area contributed by atoms with Crippen LogP contribution in [0.3, 0.4) is 0 Å². The van der Waals surface area contributed by atoms with E-state index >= 15 is 0 Å². The summed E-state index contributed by atoms with van der Waals surface area (Å²) in [6.07, 6.45) is 0. The van der Waals surface area contributed by atoms with Crippen LogP contribution in [0, 0.1) is 0 Å². The van der Waals surface area contributed by atoms with Crippen molar-refractivity contribution in [3.8, 4) is 22.3 Å². The predicted molar refractivity (Wildman–Crippen MR) is 338 cm³/mol. The van der Waals surface area contributed by atoms with E-state index in [9.17, 15) is 0 Å². The average Bonchev–Trinajstić information content (AvgIpc) is 3.09. The van der Waals surface area contributed by atoms with Crippen LogP contribution >= 0.6 is 34.0 Å². The third-order valence-electron chi connectivity index (χ3n) is 16.6. The van der Waals surface area contributed by atoms with Gasteiger partial charge in [0, 0.05) is 92.8 Å². The van der Waals surface area contributed by atoms with E-state index in [2.05, 4.69) is 209 Å². The van der Waals surface area contributed by atoms with Crippen molar-refractivity contribution in [3.63, 3.8) is 0 Å². The van der Waals surface area contributed by atoms with Crippen LogP contribution in [0.15, 0.2) is 218 Å². The summed E-state index contributed by atoms with van der Waals surface area (Å²) in [5.74, 6) is 0. The summed E-state index contributed by atoms with van der Waals surface area (Å²) in [5.41, 5.74) is 17.1. The number of nitrogens with zero attached hydrogens (tertiary/aromatic N) is 6. The van der Waals surface area contributed by atoms with Crippen molar-refractivity contribution in [2.24, 2.45) is 0 Å². The molecule has 0 radical (unpaired) electrons. The minimum atomic E-state index is 0.915. The van der Waals surface area contributed by atoms with Gasteiger partial charge in [-0.1, -0.05) is 133 Å². The lowest BCUT2D eigenvalue weighted by Crippen LogP contribution is -1.90. The molecule has 0 bridgehead atoms. The summed E-state index contributed by atoms with van der Waals surface area (Å²) in [7, 11) is 0. The molecule has 79 heavy (non-hydrogen) atoms. The Morgan fingerprint density at radius 1 is 0.266 bits per heavy atom. The molecule has 0 atom stereocenters. The first-order valence-corrected chi connectivity index (χ1v) is 29.0. The monoisotopic (exact) mass is 1060 g/mol. The van der Waals surface area contributed by atoms with E-state index in [0.717, 1.165) is 50.0 Å². The molecule has 20 aromatic rings. The molecule has 0 N–H and O–H groups in total. The van der Waals surface area contributed by atoms with Gasteiger partial charge in [-0.3, -0.25) is 8.80 Å². The maximum absolute atomic E-state index is 5.37. The van der Waals surface area contributed by atoms with E-state index in [1.807, 2.05) is 52.2 Å². The van der Waals surface area contributed by atoms with E-state index in [0.29, 0.717) is 0 Å². The van der Waals surface area contributed by atoms with E-state index in [1.54, 1.807) is 0 Å². The van der Waals surface area contributed by atoms with Crippen LogP contribution in [-0.4, -0.2) is 28.7 Å². The molecule has 0 saturated carbocycles. The zero-order chi connectivity index (χ0) is 51.2. The Hall–Kier alpha value is -9.64. The van der Waals surface area contributed by atoms with Crippen molar-refractivity contribution in [2.45, 2.75) is 0 Å². The minimum Gasteiger partial charge on any atom is -0.291 e. The number of thiophene rings is 3. The molecule has 0 saturated heterocycles. The number of fused-ring (bicyclic) bond motifs is 25. The molecule has 0 aliphatic carbocycles. The lowest BCUT2D eigenvalue weighted by molar-refractivity contribution is 1.28. The van der Waals surface area contributed by atoms with Crippen LogP contribution in [0.2, 0.25) is 0 Å². The topological polar surface area (TPSA) is 60.4 Å². The highest BCUT2D eigenvalue weighted by Gasteiger charge is 2.26. The third-order valence-corrected chi connectivity index (χ3v) is 20.1. The molecule has 11 aromatic carbocycles. The first-order valence-electron chi connectivity index (χ1n) is 26.5. The molecule has 6 nitrogen and oxygen atoms in total. The molecule has 9 heterocycles. The normalized spacial score (nSPS) is 12.6. The van der Waals surface area contributed by atoms with Gasteiger partial charge in [-0.05, 0) is 107 Å². The Labute approximate surface area is 459 Å². The lowest BCUT2D eigenvalue weighted by atomic mass is 10.00. The second kappa shape index (κ2) is 15.5. The summed E-state index contributed by atoms with van der Waals surface area (Å²) in [5, 5.41) is 15.4. The van der Waals surface area contributed by atoms with Gasteiger partial charge >= 0.3 is 0 Å². The number of aromatic nitrogens is 6. The van der Waals surface area contributed by atoms with Gasteiger partial charge < -0.3 is 0 Å². The number of benzene rings is 11. The Morgan fingerprint density at radius 2 is 0.810 bits per heavy atom. The third kappa shape index (κ3) is 5.77. The minimum absolute atomic E-state index is 0.915. The maximum Gasteiger partial charge on any atom is 0.165 e. The molecule has 20 rings (SSSR count). The molecule has 0 fully saturated rings. The molecule has 0 aliphatic heterocycles. The van der Waals surface area contributed by atoms with Crippen molar-refractivity contribution in [2.75, 3.05) is 0 Å². The molecular formula is C70H36N6S3. The first kappa shape index (κ1) is 42.5. The van der Waals surface area contributed by atoms with Crippen molar-refractivity contribution in [1.29, 1.82) is 0 Å². The highest BCUT2D eigenvalue weighted by Crippen LogP contribution is 2.50. The second-order valence-electron chi connectivity index (χ2n) is 20.8. The fraction of sp³-hybridized carbons (Fsp3) is 0. The summed E-state index contributed by atoms with van der Waals surface area (Å²) in [6.45, 7) is 0. The zero-order valence-corrected chi connectivity index (χ0v) is 44.1. The van der Waals surface area contributed by atoms with Crippen LogP contribution < -0.4 is 0 Å². The van der Waals surface area contributed by atoms with E-state index in [1.165, 1.54) is 132 Å². The van der Waals surface area contributed by atoms with Crippen molar-refractivity contribution < 1.29 is 0 Å². The van der Waals surface area contributed by atoms with E-state index in [-0.39, 0.29) is 0 Å². The summed E-state index contributed by atoms with van der Waals surface area (Å²) in [4.78, 5) is 21.0. The van der Waals surface area contributed by atoms with Gasteiger partial charge in [-0.15, -0.1) is 34.0 Å². The summed E-state index contributed by atoms with van der Waals surface area (Å²) < 4.78 is 12.5. The molecule has 0 unspecified atom stereocenters. The number of rotatable bonds is 2.